The maximum Gasteiger partial charge on any atom is 0.317 e. The normalized spacial score (nSPS) is 14.2. The van der Waals surface area contributed by atoms with Crippen LogP contribution in [0.3, 0.4) is 0 Å². The minimum absolute atomic E-state index is 0.00170. The van der Waals surface area contributed by atoms with Gasteiger partial charge in [-0.3, -0.25) is 0 Å². The van der Waals surface area contributed by atoms with Crippen molar-refractivity contribution in [2.75, 3.05) is 26.7 Å². The molecule has 0 spiro atoms. The van der Waals surface area contributed by atoms with Crippen molar-refractivity contribution in [1.29, 1.82) is 0 Å². The van der Waals surface area contributed by atoms with E-state index in [2.05, 4.69) is 20.9 Å². The van der Waals surface area contributed by atoms with E-state index in [9.17, 15) is 4.79 Å². The van der Waals surface area contributed by atoms with Gasteiger partial charge in [0.1, 0.15) is 11.6 Å². The minimum atomic E-state index is 0.00170. The van der Waals surface area contributed by atoms with Gasteiger partial charge >= 0.3 is 6.03 Å². The number of aryl methyl sites for hydroxylation is 1. The summed E-state index contributed by atoms with van der Waals surface area (Å²) >= 11 is 0. The third-order valence-electron chi connectivity index (χ3n) is 5.14. The number of carbonyl (C=O) groups excluding carboxylic acids is 1. The lowest BCUT2D eigenvalue weighted by atomic mass is 10.1. The van der Waals surface area contributed by atoms with Crippen LogP contribution in [0.1, 0.15) is 17.4 Å². The maximum absolute atomic E-state index is 12.3. The summed E-state index contributed by atoms with van der Waals surface area (Å²) < 4.78 is 7.40. The second-order valence-corrected chi connectivity index (χ2v) is 6.91. The monoisotopic (exact) mass is 364 g/mol. The zero-order chi connectivity index (χ0) is 18.8. The highest BCUT2D eigenvalue weighted by Gasteiger charge is 2.33. The smallest absolute Gasteiger partial charge is 0.317 e. The molecule has 1 aromatic heterocycles. The first-order chi connectivity index (χ1) is 13.2. The number of fused-ring (bicyclic) bond motifs is 1. The Labute approximate surface area is 158 Å². The molecule has 1 N–H and O–H groups in total. The molecule has 1 saturated heterocycles. The van der Waals surface area contributed by atoms with Gasteiger partial charge in [-0.25, -0.2) is 9.78 Å². The number of urea groups is 1. The van der Waals surface area contributed by atoms with Crippen LogP contribution in [0.4, 0.5) is 4.79 Å². The van der Waals surface area contributed by atoms with Crippen LogP contribution < -0.4 is 10.1 Å². The van der Waals surface area contributed by atoms with Crippen molar-refractivity contribution < 1.29 is 9.53 Å². The van der Waals surface area contributed by atoms with Gasteiger partial charge in [-0.05, 0) is 43.2 Å². The molecule has 0 unspecified atom stereocenters. The van der Waals surface area contributed by atoms with Crippen LogP contribution >= 0.6 is 0 Å². The van der Waals surface area contributed by atoms with Crippen molar-refractivity contribution in [3.05, 3.63) is 59.9 Å². The van der Waals surface area contributed by atoms with Gasteiger partial charge in [-0.2, -0.15) is 0 Å². The summed E-state index contributed by atoms with van der Waals surface area (Å²) in [6, 6.07) is 16.4. The number of hydrogen-bond donors (Lipinski definition) is 1. The number of carbonyl (C=O) groups is 1. The van der Waals surface area contributed by atoms with Crippen molar-refractivity contribution in [3.63, 3.8) is 0 Å². The molecule has 0 bridgehead atoms. The summed E-state index contributed by atoms with van der Waals surface area (Å²) in [7, 11) is 1.66. The third kappa shape index (κ3) is 3.47. The van der Waals surface area contributed by atoms with Gasteiger partial charge in [-0.1, -0.05) is 24.3 Å². The Bertz CT molecular complexity index is 942. The number of rotatable bonds is 5. The van der Waals surface area contributed by atoms with Crippen molar-refractivity contribution in [2.45, 2.75) is 19.4 Å². The summed E-state index contributed by atoms with van der Waals surface area (Å²) in [6.07, 6.45) is 0.804. The van der Waals surface area contributed by atoms with E-state index in [-0.39, 0.29) is 6.03 Å². The Kier molecular flexibility index (Phi) is 4.71. The topological polar surface area (TPSA) is 59.4 Å². The standard InChI is InChI=1S/C21H24N4O2/c1-15-23-19-5-3-4-6-20(19)25(15)17-13-24(14-17)21(26)22-12-11-16-7-9-18(27-2)10-8-16/h3-10,17H,11-14H2,1-2H3,(H,22,26). The second kappa shape index (κ2) is 7.31. The fraction of sp³-hybridized carbons (Fsp3) is 0.333. The zero-order valence-electron chi connectivity index (χ0n) is 15.7. The molecular formula is C21H24N4O2. The van der Waals surface area contributed by atoms with Crippen molar-refractivity contribution in [3.8, 4) is 5.75 Å². The summed E-state index contributed by atoms with van der Waals surface area (Å²) in [5, 5.41) is 3.01. The van der Waals surface area contributed by atoms with Crippen LogP contribution in [0.5, 0.6) is 5.75 Å². The van der Waals surface area contributed by atoms with Crippen LogP contribution in [-0.2, 0) is 6.42 Å². The summed E-state index contributed by atoms with van der Waals surface area (Å²) in [5.41, 5.74) is 3.33. The van der Waals surface area contributed by atoms with E-state index in [1.165, 1.54) is 5.56 Å². The number of aromatic nitrogens is 2. The largest absolute Gasteiger partial charge is 0.497 e. The van der Waals surface area contributed by atoms with Crippen molar-refractivity contribution in [2.24, 2.45) is 0 Å². The van der Waals surface area contributed by atoms with Gasteiger partial charge < -0.3 is 19.5 Å². The molecule has 0 radical (unpaired) electrons. The summed E-state index contributed by atoms with van der Waals surface area (Å²) in [6.45, 7) is 4.09. The molecule has 2 aromatic carbocycles. The van der Waals surface area contributed by atoms with Gasteiger partial charge in [0.05, 0.1) is 24.2 Å². The maximum atomic E-state index is 12.3. The number of amides is 2. The zero-order valence-corrected chi connectivity index (χ0v) is 15.7. The molecule has 2 amide bonds. The van der Waals surface area contributed by atoms with Crippen LogP contribution in [-0.4, -0.2) is 47.2 Å². The quantitative estimate of drug-likeness (QED) is 0.756. The van der Waals surface area contributed by atoms with Gasteiger partial charge in [0.15, 0.2) is 0 Å². The highest BCUT2D eigenvalue weighted by atomic mass is 16.5. The summed E-state index contributed by atoms with van der Waals surface area (Å²) in [4.78, 5) is 18.8. The van der Waals surface area contributed by atoms with Crippen LogP contribution in [0, 0.1) is 6.92 Å². The first-order valence-electron chi connectivity index (χ1n) is 9.25. The molecule has 27 heavy (non-hydrogen) atoms. The van der Waals surface area contributed by atoms with Crippen molar-refractivity contribution in [1.82, 2.24) is 19.8 Å². The van der Waals surface area contributed by atoms with Gasteiger partial charge in [0.25, 0.3) is 0 Å². The third-order valence-corrected chi connectivity index (χ3v) is 5.14. The molecule has 1 aliphatic rings. The number of nitrogens with one attached hydrogen (secondary N) is 1. The molecule has 1 aliphatic heterocycles. The Morgan fingerprint density at radius 2 is 1.93 bits per heavy atom. The average Bonchev–Trinajstić information content (AvgIpc) is 2.97. The number of likely N-dealkylation sites (tertiary alicyclic amines) is 1. The Hall–Kier alpha value is -3.02. The number of ether oxygens (including phenoxy) is 1. The lowest BCUT2D eigenvalue weighted by molar-refractivity contribution is 0.126. The average molecular weight is 364 g/mol. The first kappa shape index (κ1) is 17.4. The number of nitrogens with zero attached hydrogens (tertiary/aromatic N) is 3. The van der Waals surface area contributed by atoms with Crippen molar-refractivity contribution >= 4 is 17.1 Å². The highest BCUT2D eigenvalue weighted by Crippen LogP contribution is 2.27. The van der Waals surface area contributed by atoms with Gasteiger partial charge in [0.2, 0.25) is 0 Å². The summed E-state index contributed by atoms with van der Waals surface area (Å²) in [5.74, 6) is 1.84. The molecule has 1 fully saturated rings. The fourth-order valence-electron chi connectivity index (χ4n) is 3.63. The molecule has 2 heterocycles. The molecule has 0 atom stereocenters. The number of imidazole rings is 1. The van der Waals surface area contributed by atoms with E-state index >= 15 is 0 Å². The van der Waals surface area contributed by atoms with Crippen LogP contribution in [0.15, 0.2) is 48.5 Å². The van der Waals surface area contributed by atoms with E-state index < -0.39 is 0 Å². The molecule has 0 aliphatic carbocycles. The van der Waals surface area contributed by atoms with Crippen LogP contribution in [0.2, 0.25) is 0 Å². The van der Waals surface area contributed by atoms with E-state index in [1.807, 2.05) is 54.3 Å². The Morgan fingerprint density at radius 3 is 2.67 bits per heavy atom. The molecular weight excluding hydrogens is 340 g/mol. The van der Waals surface area contributed by atoms with E-state index in [0.717, 1.165) is 42.1 Å². The number of benzene rings is 2. The molecule has 3 aromatic rings. The van der Waals surface area contributed by atoms with Crippen LogP contribution in [0.25, 0.3) is 11.0 Å². The van der Waals surface area contributed by atoms with E-state index in [1.54, 1.807) is 7.11 Å². The Morgan fingerprint density at radius 1 is 1.19 bits per heavy atom. The molecule has 4 rings (SSSR count). The highest BCUT2D eigenvalue weighted by molar-refractivity contribution is 5.77. The SMILES string of the molecule is COc1ccc(CCNC(=O)N2CC(n3c(C)nc4ccccc43)C2)cc1. The number of hydrogen-bond acceptors (Lipinski definition) is 3. The van der Waals surface area contributed by atoms with Gasteiger partial charge in [0, 0.05) is 19.6 Å². The minimum Gasteiger partial charge on any atom is -0.497 e. The fourth-order valence-corrected chi connectivity index (χ4v) is 3.63. The second-order valence-electron chi connectivity index (χ2n) is 6.91. The number of para-hydroxylation sites is 2. The lowest BCUT2D eigenvalue weighted by Crippen LogP contribution is -2.54. The molecule has 6 heteroatoms. The molecule has 0 saturated carbocycles. The molecule has 6 nitrogen and oxygen atoms in total. The first-order valence-corrected chi connectivity index (χ1v) is 9.25. The van der Waals surface area contributed by atoms with Gasteiger partial charge in [-0.15, -0.1) is 0 Å². The van der Waals surface area contributed by atoms with E-state index in [0.29, 0.717) is 12.6 Å². The van der Waals surface area contributed by atoms with E-state index in [4.69, 9.17) is 4.74 Å². The lowest BCUT2D eigenvalue weighted by Gasteiger charge is -2.40. The number of methoxy groups -OCH3 is 1. The predicted octanol–water partition coefficient (Wildman–Crippen LogP) is 3.16. The molecule has 140 valence electrons. The predicted molar refractivity (Wildman–Crippen MR) is 105 cm³/mol. The Balaban J connectivity index is 1.28.